The van der Waals surface area contributed by atoms with Crippen LogP contribution in [-0.2, 0) is 14.3 Å². The Bertz CT molecular complexity index is 1040. The number of non-ortho nitro benzene ring substituents is 1. The zero-order valence-electron chi connectivity index (χ0n) is 16.2. The fourth-order valence-electron chi connectivity index (χ4n) is 3.36. The van der Waals surface area contributed by atoms with Gasteiger partial charge < -0.3 is 19.8 Å². The highest BCUT2D eigenvalue weighted by Crippen LogP contribution is 2.39. The van der Waals surface area contributed by atoms with Gasteiger partial charge in [-0.15, -0.1) is 0 Å². The van der Waals surface area contributed by atoms with Gasteiger partial charge in [0.15, 0.2) is 0 Å². The van der Waals surface area contributed by atoms with E-state index in [-0.39, 0.29) is 48.8 Å². The van der Waals surface area contributed by atoms with Crippen molar-refractivity contribution in [3.63, 3.8) is 0 Å². The minimum atomic E-state index is -1.08. The van der Waals surface area contributed by atoms with Gasteiger partial charge in [-0.3, -0.25) is 19.7 Å². The topological polar surface area (TPSA) is 130 Å². The van der Waals surface area contributed by atoms with E-state index in [1.165, 1.54) is 30.3 Å². The van der Waals surface area contributed by atoms with Crippen molar-refractivity contribution in [2.75, 3.05) is 26.4 Å². The van der Waals surface area contributed by atoms with Gasteiger partial charge in [-0.05, 0) is 29.8 Å². The smallest absolute Gasteiger partial charge is 0.295 e. The molecule has 1 aliphatic rings. The summed E-state index contributed by atoms with van der Waals surface area (Å²) in [4.78, 5) is 36.8. The summed E-state index contributed by atoms with van der Waals surface area (Å²) in [5.74, 6) is -2.98. The molecule has 0 saturated carbocycles. The molecule has 1 saturated heterocycles. The number of halogens is 1. The number of benzene rings is 2. The fourth-order valence-corrected chi connectivity index (χ4v) is 3.36. The molecule has 31 heavy (non-hydrogen) atoms. The van der Waals surface area contributed by atoms with E-state index in [0.717, 1.165) is 23.1 Å². The highest BCUT2D eigenvalue weighted by atomic mass is 19.1. The van der Waals surface area contributed by atoms with Gasteiger partial charge in [0.1, 0.15) is 11.6 Å². The van der Waals surface area contributed by atoms with Gasteiger partial charge in [-0.25, -0.2) is 4.39 Å². The van der Waals surface area contributed by atoms with Gasteiger partial charge >= 0.3 is 0 Å². The van der Waals surface area contributed by atoms with Gasteiger partial charge in [0.2, 0.25) is 0 Å². The molecule has 162 valence electrons. The average Bonchev–Trinajstić information content (AvgIpc) is 3.01. The van der Waals surface area contributed by atoms with Crippen molar-refractivity contribution >= 4 is 23.1 Å². The molecule has 3 rings (SSSR count). The lowest BCUT2D eigenvalue weighted by Crippen LogP contribution is -2.33. The summed E-state index contributed by atoms with van der Waals surface area (Å²) in [5.41, 5.74) is -0.0994. The Kier molecular flexibility index (Phi) is 6.73. The molecule has 1 atom stereocenters. The number of likely N-dealkylation sites (tertiary alicyclic amines) is 1. The summed E-state index contributed by atoms with van der Waals surface area (Å²) in [6, 6.07) is 9.04. The second kappa shape index (κ2) is 9.45. The first-order valence-electron chi connectivity index (χ1n) is 9.32. The summed E-state index contributed by atoms with van der Waals surface area (Å²) in [5, 5.41) is 30.5. The predicted octanol–water partition coefficient (Wildman–Crippen LogP) is 2.16. The van der Waals surface area contributed by atoms with Crippen LogP contribution in [0.3, 0.4) is 0 Å². The van der Waals surface area contributed by atoms with Crippen molar-refractivity contribution in [2.24, 2.45) is 0 Å². The Balaban J connectivity index is 2.06. The van der Waals surface area contributed by atoms with Crippen molar-refractivity contribution in [2.45, 2.75) is 6.04 Å². The van der Waals surface area contributed by atoms with E-state index in [1.807, 2.05) is 0 Å². The Morgan fingerprint density at radius 1 is 1.16 bits per heavy atom. The molecule has 2 aromatic carbocycles. The van der Waals surface area contributed by atoms with Gasteiger partial charge in [0, 0.05) is 24.2 Å². The number of nitro groups is 1. The van der Waals surface area contributed by atoms with E-state index in [0.29, 0.717) is 0 Å². The second-order valence-corrected chi connectivity index (χ2v) is 6.69. The van der Waals surface area contributed by atoms with Crippen LogP contribution in [0.5, 0.6) is 0 Å². The molecule has 0 aliphatic carbocycles. The number of nitro benzene ring substituents is 1. The zero-order chi connectivity index (χ0) is 22.5. The number of carbonyl (C=O) groups excluding carboxylic acids is 2. The van der Waals surface area contributed by atoms with Crippen LogP contribution in [0.15, 0.2) is 54.1 Å². The molecular weight excluding hydrogens is 411 g/mol. The van der Waals surface area contributed by atoms with Gasteiger partial charge in [0.05, 0.1) is 36.4 Å². The molecule has 0 spiro atoms. The minimum Gasteiger partial charge on any atom is -0.507 e. The van der Waals surface area contributed by atoms with Crippen LogP contribution in [0, 0.1) is 15.9 Å². The standard InChI is InChI=1S/C21H19FN2O7/c22-15-3-1-2-14(12-15)18-17(19(26)13-4-6-16(7-5-13)24(29)30)20(27)21(28)23(18)8-10-31-11-9-25/h1-7,12,18,25-26H,8-11H2/b19-17+. The first kappa shape index (κ1) is 22.1. The number of ketones is 1. The first-order valence-corrected chi connectivity index (χ1v) is 9.32. The number of aliphatic hydroxyl groups excluding tert-OH is 2. The van der Waals surface area contributed by atoms with Crippen LogP contribution in [0.25, 0.3) is 5.76 Å². The summed E-state index contributed by atoms with van der Waals surface area (Å²) in [7, 11) is 0. The number of aliphatic hydroxyl groups is 2. The van der Waals surface area contributed by atoms with Crippen molar-refractivity contribution in [1.29, 1.82) is 0 Å². The van der Waals surface area contributed by atoms with Crippen molar-refractivity contribution < 1.29 is 33.9 Å². The molecule has 10 heteroatoms. The molecule has 1 heterocycles. The molecule has 0 radical (unpaired) electrons. The third-order valence-corrected chi connectivity index (χ3v) is 4.77. The number of nitrogens with zero attached hydrogens (tertiary/aromatic N) is 2. The van der Waals surface area contributed by atoms with Gasteiger partial charge in [-0.2, -0.15) is 0 Å². The SMILES string of the molecule is O=C1C(=O)N(CCOCCO)C(c2cccc(F)c2)/C1=C(\O)c1ccc([N+](=O)[O-])cc1. The monoisotopic (exact) mass is 430 g/mol. The maximum Gasteiger partial charge on any atom is 0.295 e. The summed E-state index contributed by atoms with van der Waals surface area (Å²) in [6.45, 7) is -0.205. The molecule has 1 aliphatic heterocycles. The highest BCUT2D eigenvalue weighted by Gasteiger charge is 2.46. The fraction of sp³-hybridized carbons (Fsp3) is 0.238. The second-order valence-electron chi connectivity index (χ2n) is 6.69. The maximum absolute atomic E-state index is 13.9. The highest BCUT2D eigenvalue weighted by molar-refractivity contribution is 6.46. The molecule has 1 unspecified atom stereocenters. The third-order valence-electron chi connectivity index (χ3n) is 4.77. The summed E-state index contributed by atoms with van der Waals surface area (Å²) >= 11 is 0. The lowest BCUT2D eigenvalue weighted by Gasteiger charge is -2.25. The molecule has 0 aromatic heterocycles. The Labute approximate surface area is 176 Å². The molecule has 1 fully saturated rings. The van der Waals surface area contributed by atoms with Crippen LogP contribution in [0.4, 0.5) is 10.1 Å². The van der Waals surface area contributed by atoms with Crippen LogP contribution < -0.4 is 0 Å². The van der Waals surface area contributed by atoms with E-state index in [1.54, 1.807) is 0 Å². The summed E-state index contributed by atoms with van der Waals surface area (Å²) in [6.07, 6.45) is 0. The van der Waals surface area contributed by atoms with E-state index in [4.69, 9.17) is 9.84 Å². The van der Waals surface area contributed by atoms with Crippen molar-refractivity contribution in [3.8, 4) is 0 Å². The predicted molar refractivity (Wildman–Crippen MR) is 106 cm³/mol. The number of amides is 1. The largest absolute Gasteiger partial charge is 0.507 e. The van der Waals surface area contributed by atoms with E-state index in [2.05, 4.69) is 0 Å². The lowest BCUT2D eigenvalue weighted by molar-refractivity contribution is -0.384. The Morgan fingerprint density at radius 3 is 2.48 bits per heavy atom. The quantitative estimate of drug-likeness (QED) is 0.164. The van der Waals surface area contributed by atoms with Crippen molar-refractivity contribution in [3.05, 3.63) is 81.2 Å². The Morgan fingerprint density at radius 2 is 1.87 bits per heavy atom. The lowest BCUT2D eigenvalue weighted by atomic mass is 9.95. The Hall–Kier alpha value is -3.63. The van der Waals surface area contributed by atoms with Gasteiger partial charge in [0.25, 0.3) is 17.4 Å². The number of hydrogen-bond acceptors (Lipinski definition) is 7. The van der Waals surface area contributed by atoms with E-state index in [9.17, 15) is 29.2 Å². The number of hydrogen-bond donors (Lipinski definition) is 2. The molecular formula is C21H19FN2O7. The molecule has 9 nitrogen and oxygen atoms in total. The zero-order valence-corrected chi connectivity index (χ0v) is 16.2. The first-order chi connectivity index (χ1) is 14.8. The molecule has 2 aromatic rings. The van der Waals surface area contributed by atoms with Crippen LogP contribution >= 0.6 is 0 Å². The summed E-state index contributed by atoms with van der Waals surface area (Å²) < 4.78 is 19.1. The minimum absolute atomic E-state index is 0.0109. The normalized spacial score (nSPS) is 17.9. The molecule has 1 amide bonds. The third kappa shape index (κ3) is 4.60. The van der Waals surface area contributed by atoms with Crippen molar-refractivity contribution in [1.82, 2.24) is 4.90 Å². The molecule has 2 N–H and O–H groups in total. The van der Waals surface area contributed by atoms with Crippen LogP contribution in [-0.4, -0.2) is 58.1 Å². The van der Waals surface area contributed by atoms with Crippen LogP contribution in [0.2, 0.25) is 0 Å². The van der Waals surface area contributed by atoms with E-state index < -0.39 is 34.2 Å². The van der Waals surface area contributed by atoms with E-state index >= 15 is 0 Å². The van der Waals surface area contributed by atoms with Gasteiger partial charge in [-0.1, -0.05) is 12.1 Å². The maximum atomic E-state index is 13.9. The molecule has 0 bridgehead atoms. The number of Topliss-reactive ketones (excluding diaryl/α,β-unsaturated/α-hetero) is 1. The number of rotatable bonds is 8. The number of ether oxygens (including phenoxy) is 1. The number of carbonyl (C=O) groups is 2. The van der Waals surface area contributed by atoms with Crippen LogP contribution in [0.1, 0.15) is 17.2 Å². The average molecular weight is 430 g/mol.